The van der Waals surface area contributed by atoms with Gasteiger partial charge in [-0.05, 0) is 69.5 Å². The lowest BCUT2D eigenvalue weighted by molar-refractivity contribution is 0.157. The lowest BCUT2D eigenvalue weighted by Crippen LogP contribution is -2.25. The fourth-order valence-electron chi connectivity index (χ4n) is 5.95. The Hall–Kier alpha value is -3.72. The Kier molecular flexibility index (Phi) is 4.20. The molecule has 0 aliphatic heterocycles. The fraction of sp³-hybridized carbons (Fsp3) is 0.273. The van der Waals surface area contributed by atoms with Gasteiger partial charge in [-0.3, -0.25) is 0 Å². The highest BCUT2D eigenvalue weighted by molar-refractivity contribution is 6.17. The predicted molar refractivity (Wildman–Crippen MR) is 149 cm³/mol. The van der Waals surface area contributed by atoms with E-state index in [1.165, 1.54) is 16.2 Å². The van der Waals surface area contributed by atoms with Gasteiger partial charge in [0.2, 0.25) is 0 Å². The quantitative estimate of drug-likeness (QED) is 0.236. The first-order valence-corrected chi connectivity index (χ1v) is 12.8. The highest BCUT2D eigenvalue weighted by atomic mass is 16.3. The number of rotatable bonds is 2. The number of nitrogens with zero attached hydrogens (tertiary/aromatic N) is 2. The highest BCUT2D eigenvalue weighted by Gasteiger charge is 2.47. The van der Waals surface area contributed by atoms with Gasteiger partial charge in [-0.25, -0.2) is 9.97 Å². The van der Waals surface area contributed by atoms with Gasteiger partial charge in [0.05, 0.1) is 5.56 Å². The molecule has 1 aliphatic carbocycles. The van der Waals surface area contributed by atoms with Gasteiger partial charge in [-0.1, -0.05) is 76.2 Å². The van der Waals surface area contributed by atoms with Crippen LogP contribution < -0.4 is 0 Å². The number of aromatic nitrogens is 2. The largest absolute Gasteiger partial charge is 0.455 e. The van der Waals surface area contributed by atoms with Gasteiger partial charge in [0.15, 0.2) is 5.82 Å². The van der Waals surface area contributed by atoms with Crippen LogP contribution in [0.3, 0.4) is 0 Å². The van der Waals surface area contributed by atoms with Crippen LogP contribution in [0.2, 0.25) is 0 Å². The third-order valence-corrected chi connectivity index (χ3v) is 8.76. The van der Waals surface area contributed by atoms with E-state index in [-0.39, 0.29) is 10.8 Å². The normalized spacial score (nSPS) is 18.8. The van der Waals surface area contributed by atoms with Crippen molar-refractivity contribution in [2.45, 2.75) is 46.4 Å². The second kappa shape index (κ2) is 7.39. The lowest BCUT2D eigenvalue weighted by Gasteiger charge is -2.34. The fourth-order valence-corrected chi connectivity index (χ4v) is 5.95. The molecule has 0 amide bonds. The van der Waals surface area contributed by atoms with Crippen LogP contribution in [0.5, 0.6) is 0 Å². The van der Waals surface area contributed by atoms with Crippen LogP contribution in [0.15, 0.2) is 83.4 Å². The Morgan fingerprint density at radius 1 is 0.778 bits per heavy atom. The molecule has 7 rings (SSSR count). The van der Waals surface area contributed by atoms with Gasteiger partial charge < -0.3 is 4.42 Å². The number of hydrogen-bond acceptors (Lipinski definition) is 3. The van der Waals surface area contributed by atoms with E-state index in [1.807, 2.05) is 18.2 Å². The maximum absolute atomic E-state index is 9.38. The summed E-state index contributed by atoms with van der Waals surface area (Å²) < 4.78 is 15.9. The Morgan fingerprint density at radius 3 is 2.36 bits per heavy atom. The number of para-hydroxylation sites is 1. The molecule has 0 N–H and O–H groups in total. The summed E-state index contributed by atoms with van der Waals surface area (Å²) >= 11 is 0. The lowest BCUT2D eigenvalue weighted by atomic mass is 9.71. The highest BCUT2D eigenvalue weighted by Crippen LogP contribution is 2.57. The van der Waals surface area contributed by atoms with Crippen LogP contribution in [-0.4, -0.2) is 9.97 Å². The Bertz CT molecular complexity index is 1850. The standard InChI is InChI=1S/C33H30N2O/c1-32(2)18-22(19-33(32,3)4)28-14-15-34-31(35-28)25-11-7-10-24-27-17-26-21(16-29(27)36-30(24)25)13-12-20-8-5-6-9-23(20)26/h5-17,22H,18-19H2,1-4H3/i22D. The van der Waals surface area contributed by atoms with Gasteiger partial charge >= 0.3 is 0 Å². The van der Waals surface area contributed by atoms with E-state index in [0.717, 1.165) is 51.4 Å². The molecule has 0 bridgehead atoms. The first-order chi connectivity index (χ1) is 17.7. The number of furan rings is 1. The summed E-state index contributed by atoms with van der Waals surface area (Å²) in [5.74, 6) is -0.114. The second-order valence-corrected chi connectivity index (χ2v) is 11.6. The van der Waals surface area contributed by atoms with Gasteiger partial charge in [-0.15, -0.1) is 0 Å². The SMILES string of the molecule is [2H]C1(c2ccnc(-c3cccc4c3oc3cc5ccc6ccccc6c5cc34)n2)CC(C)(C)C(C)(C)C1. The monoisotopic (exact) mass is 471 g/mol. The molecule has 6 aromatic rings. The van der Waals surface area contributed by atoms with Crippen LogP contribution in [0.1, 0.15) is 53.5 Å². The zero-order valence-corrected chi connectivity index (χ0v) is 21.2. The van der Waals surface area contributed by atoms with Crippen molar-refractivity contribution in [3.63, 3.8) is 0 Å². The van der Waals surface area contributed by atoms with Crippen LogP contribution in [0, 0.1) is 10.8 Å². The third kappa shape index (κ3) is 3.12. The van der Waals surface area contributed by atoms with E-state index in [1.54, 1.807) is 6.20 Å². The van der Waals surface area contributed by atoms with Crippen molar-refractivity contribution >= 4 is 43.5 Å². The van der Waals surface area contributed by atoms with Crippen molar-refractivity contribution in [2.24, 2.45) is 10.8 Å². The summed E-state index contributed by atoms with van der Waals surface area (Å²) in [4.78, 5) is 9.63. The van der Waals surface area contributed by atoms with Gasteiger partial charge in [0.1, 0.15) is 11.2 Å². The molecule has 3 nitrogen and oxygen atoms in total. The summed E-state index contributed by atoms with van der Waals surface area (Å²) in [5.41, 5.74) is 3.43. The van der Waals surface area contributed by atoms with Crippen LogP contribution >= 0.6 is 0 Å². The van der Waals surface area contributed by atoms with Crippen LogP contribution in [0.4, 0.5) is 0 Å². The van der Waals surface area contributed by atoms with Crippen LogP contribution in [-0.2, 0) is 0 Å². The molecule has 1 aliphatic rings. The molecular formula is C33H30N2O. The Morgan fingerprint density at radius 2 is 1.53 bits per heavy atom. The van der Waals surface area contributed by atoms with Crippen molar-refractivity contribution in [3.8, 4) is 11.4 Å². The predicted octanol–water partition coefficient (Wildman–Crippen LogP) is 9.28. The molecule has 4 aromatic carbocycles. The summed E-state index contributed by atoms with van der Waals surface area (Å²) in [6.45, 7) is 9.09. The Balaban J connectivity index is 1.41. The zero-order chi connectivity index (χ0) is 25.6. The minimum atomic E-state index is -0.731. The van der Waals surface area contributed by atoms with E-state index in [4.69, 9.17) is 9.40 Å². The maximum Gasteiger partial charge on any atom is 0.163 e. The topological polar surface area (TPSA) is 38.9 Å². The average Bonchev–Trinajstić information content (AvgIpc) is 3.32. The van der Waals surface area contributed by atoms with Crippen molar-refractivity contribution in [1.82, 2.24) is 9.97 Å². The first-order valence-electron chi connectivity index (χ1n) is 13.3. The van der Waals surface area contributed by atoms with Gasteiger partial charge in [-0.2, -0.15) is 0 Å². The van der Waals surface area contributed by atoms with Gasteiger partial charge in [0.25, 0.3) is 0 Å². The summed E-state index contributed by atoms with van der Waals surface area (Å²) in [7, 11) is 0. The third-order valence-electron chi connectivity index (χ3n) is 8.76. The molecule has 178 valence electrons. The van der Waals surface area contributed by atoms with Crippen molar-refractivity contribution in [2.75, 3.05) is 0 Å². The molecule has 0 radical (unpaired) electrons. The van der Waals surface area contributed by atoms with E-state index in [0.29, 0.717) is 5.82 Å². The first kappa shape index (κ1) is 20.5. The minimum Gasteiger partial charge on any atom is -0.455 e. The van der Waals surface area contributed by atoms with E-state index >= 15 is 0 Å². The van der Waals surface area contributed by atoms with Crippen molar-refractivity contribution in [3.05, 3.63) is 84.7 Å². The average molecular weight is 472 g/mol. The molecule has 0 unspecified atom stereocenters. The van der Waals surface area contributed by atoms with Gasteiger partial charge in [0, 0.05) is 29.9 Å². The number of hydrogen-bond donors (Lipinski definition) is 0. The van der Waals surface area contributed by atoms with E-state index < -0.39 is 5.89 Å². The molecular weight excluding hydrogens is 440 g/mol. The Labute approximate surface area is 212 Å². The second-order valence-electron chi connectivity index (χ2n) is 11.6. The smallest absolute Gasteiger partial charge is 0.163 e. The number of benzene rings is 4. The van der Waals surface area contributed by atoms with E-state index in [9.17, 15) is 1.37 Å². The summed E-state index contributed by atoms with van der Waals surface area (Å²) in [6, 6.07) is 25.3. The van der Waals surface area contributed by atoms with Crippen LogP contribution in [0.25, 0.3) is 54.9 Å². The minimum absolute atomic E-state index is 0.0603. The summed E-state index contributed by atoms with van der Waals surface area (Å²) in [6.07, 6.45) is 3.35. The zero-order valence-electron chi connectivity index (χ0n) is 22.2. The number of fused-ring (bicyclic) bond motifs is 6. The molecule has 0 saturated heterocycles. The molecule has 2 heterocycles. The van der Waals surface area contributed by atoms with E-state index in [2.05, 4.69) is 87.3 Å². The molecule has 0 atom stereocenters. The molecule has 1 fully saturated rings. The van der Waals surface area contributed by atoms with Crippen molar-refractivity contribution in [1.29, 1.82) is 0 Å². The molecule has 3 heteroatoms. The molecule has 2 aromatic heterocycles. The maximum atomic E-state index is 9.38. The molecule has 36 heavy (non-hydrogen) atoms. The van der Waals surface area contributed by atoms with Crippen molar-refractivity contribution < 1.29 is 5.79 Å². The summed E-state index contributed by atoms with van der Waals surface area (Å²) in [5, 5.41) is 7.00. The molecule has 0 spiro atoms. The molecule has 1 saturated carbocycles.